The molecule has 32 heavy (non-hydrogen) atoms. The van der Waals surface area contributed by atoms with Crippen molar-refractivity contribution in [3.8, 4) is 5.75 Å². The van der Waals surface area contributed by atoms with Gasteiger partial charge in [-0.25, -0.2) is 8.42 Å². The van der Waals surface area contributed by atoms with E-state index in [0.29, 0.717) is 5.69 Å². The van der Waals surface area contributed by atoms with Crippen LogP contribution in [0.25, 0.3) is 0 Å². The van der Waals surface area contributed by atoms with E-state index in [-0.39, 0.29) is 22.1 Å². The summed E-state index contributed by atoms with van der Waals surface area (Å²) in [6.45, 7) is 0. The number of halogens is 1. The quantitative estimate of drug-likeness (QED) is 0.428. The monoisotopic (exact) mass is 490 g/mol. The number of thioether (sulfide) groups is 1. The van der Waals surface area contributed by atoms with Gasteiger partial charge in [-0.2, -0.15) is 4.72 Å². The van der Waals surface area contributed by atoms with Crippen LogP contribution in [0.5, 0.6) is 5.75 Å². The van der Waals surface area contributed by atoms with Crippen LogP contribution in [0.3, 0.4) is 0 Å². The first-order chi connectivity index (χ1) is 15.3. The molecule has 0 radical (unpaired) electrons. The molecule has 1 amide bonds. The SMILES string of the molecule is COc1ccc(Cl)cc1S(=O)(=O)N[C@@H](Cc1ccccc1)C(=O)Nc1ccccc1SC. The molecule has 0 aliphatic heterocycles. The third-order valence-corrected chi connectivity index (χ3v) is 7.20. The molecule has 0 heterocycles. The molecule has 6 nitrogen and oxygen atoms in total. The average molecular weight is 491 g/mol. The lowest BCUT2D eigenvalue weighted by Gasteiger charge is -2.20. The second-order valence-electron chi connectivity index (χ2n) is 6.85. The van der Waals surface area contributed by atoms with Crippen LogP contribution in [0.1, 0.15) is 5.56 Å². The van der Waals surface area contributed by atoms with Crippen molar-refractivity contribution in [2.45, 2.75) is 22.3 Å². The average Bonchev–Trinajstić information content (AvgIpc) is 2.79. The number of hydrogen-bond donors (Lipinski definition) is 2. The lowest BCUT2D eigenvalue weighted by Crippen LogP contribution is -2.45. The van der Waals surface area contributed by atoms with Crippen molar-refractivity contribution in [2.24, 2.45) is 0 Å². The summed E-state index contributed by atoms with van der Waals surface area (Å²) < 4.78 is 34.1. The number of carbonyl (C=O) groups is 1. The highest BCUT2D eigenvalue weighted by Gasteiger charge is 2.29. The fourth-order valence-corrected chi connectivity index (χ4v) is 5.30. The van der Waals surface area contributed by atoms with Crippen molar-refractivity contribution in [1.29, 1.82) is 0 Å². The molecule has 0 bridgehead atoms. The Morgan fingerprint density at radius 3 is 2.44 bits per heavy atom. The zero-order valence-corrected chi connectivity index (χ0v) is 19.9. The summed E-state index contributed by atoms with van der Waals surface area (Å²) in [6, 6.07) is 19.8. The van der Waals surface area contributed by atoms with Crippen molar-refractivity contribution in [1.82, 2.24) is 4.72 Å². The highest BCUT2D eigenvalue weighted by Crippen LogP contribution is 2.28. The number of hydrogen-bond acceptors (Lipinski definition) is 5. The molecular weight excluding hydrogens is 468 g/mol. The van der Waals surface area contributed by atoms with E-state index in [1.165, 1.54) is 37.1 Å². The van der Waals surface area contributed by atoms with Crippen molar-refractivity contribution in [2.75, 3.05) is 18.7 Å². The van der Waals surface area contributed by atoms with Crippen LogP contribution in [-0.2, 0) is 21.2 Å². The van der Waals surface area contributed by atoms with E-state index in [2.05, 4.69) is 10.0 Å². The van der Waals surface area contributed by atoms with Crippen LogP contribution in [0.2, 0.25) is 5.02 Å². The Labute approximate surface area is 197 Å². The number of benzene rings is 3. The normalized spacial score (nSPS) is 12.2. The van der Waals surface area contributed by atoms with Crippen LogP contribution in [0.15, 0.2) is 82.6 Å². The van der Waals surface area contributed by atoms with Gasteiger partial charge in [0, 0.05) is 9.92 Å². The van der Waals surface area contributed by atoms with Crippen LogP contribution >= 0.6 is 23.4 Å². The number of nitrogens with one attached hydrogen (secondary N) is 2. The number of methoxy groups -OCH3 is 1. The molecule has 3 aromatic carbocycles. The van der Waals surface area contributed by atoms with Crippen LogP contribution in [0, 0.1) is 0 Å². The zero-order valence-electron chi connectivity index (χ0n) is 17.5. The molecule has 2 N–H and O–H groups in total. The molecule has 0 saturated carbocycles. The van der Waals surface area contributed by atoms with Gasteiger partial charge in [0.25, 0.3) is 0 Å². The summed E-state index contributed by atoms with van der Waals surface area (Å²) in [6.07, 6.45) is 2.07. The van der Waals surface area contributed by atoms with Crippen LogP contribution in [-0.4, -0.2) is 33.7 Å². The highest BCUT2D eigenvalue weighted by atomic mass is 35.5. The van der Waals surface area contributed by atoms with Crippen LogP contribution < -0.4 is 14.8 Å². The van der Waals surface area contributed by atoms with E-state index >= 15 is 0 Å². The summed E-state index contributed by atoms with van der Waals surface area (Å²) in [5.74, 6) is -0.339. The molecule has 1 atom stereocenters. The number of carbonyl (C=O) groups excluding carboxylic acids is 1. The molecular formula is C23H23ClN2O4S2. The summed E-state index contributed by atoms with van der Waals surface area (Å²) in [5, 5.41) is 3.09. The topological polar surface area (TPSA) is 84.5 Å². The maximum absolute atomic E-state index is 13.2. The van der Waals surface area contributed by atoms with Gasteiger partial charge in [-0.05, 0) is 48.6 Å². The minimum Gasteiger partial charge on any atom is -0.495 e. The predicted molar refractivity (Wildman–Crippen MR) is 129 cm³/mol. The van der Waals surface area contributed by atoms with Gasteiger partial charge in [-0.1, -0.05) is 54.1 Å². The van der Waals surface area contributed by atoms with E-state index in [1.807, 2.05) is 54.8 Å². The summed E-state index contributed by atoms with van der Waals surface area (Å²) in [7, 11) is -2.75. The Morgan fingerprint density at radius 1 is 1.06 bits per heavy atom. The Kier molecular flexibility index (Phi) is 8.20. The molecule has 0 aliphatic rings. The van der Waals surface area contributed by atoms with E-state index in [4.69, 9.17) is 16.3 Å². The molecule has 168 valence electrons. The predicted octanol–water partition coefficient (Wildman–Crippen LogP) is 4.60. The zero-order chi connectivity index (χ0) is 23.1. The number of sulfonamides is 1. The first kappa shape index (κ1) is 24.1. The minimum atomic E-state index is -4.12. The molecule has 3 rings (SSSR count). The van der Waals surface area contributed by atoms with Gasteiger partial charge in [0.05, 0.1) is 12.8 Å². The van der Waals surface area contributed by atoms with E-state index in [9.17, 15) is 13.2 Å². The highest BCUT2D eigenvalue weighted by molar-refractivity contribution is 7.98. The lowest BCUT2D eigenvalue weighted by atomic mass is 10.1. The maximum Gasteiger partial charge on any atom is 0.245 e. The van der Waals surface area contributed by atoms with Crippen molar-refractivity contribution < 1.29 is 17.9 Å². The van der Waals surface area contributed by atoms with Gasteiger partial charge < -0.3 is 10.1 Å². The fourth-order valence-electron chi connectivity index (χ4n) is 3.12. The van der Waals surface area contributed by atoms with E-state index in [0.717, 1.165) is 10.5 Å². The van der Waals surface area contributed by atoms with Gasteiger partial charge in [-0.15, -0.1) is 11.8 Å². The Bertz CT molecular complexity index is 1190. The molecule has 0 fully saturated rings. The second-order valence-corrected chi connectivity index (χ2v) is 9.82. The second kappa shape index (κ2) is 10.9. The summed E-state index contributed by atoms with van der Waals surface area (Å²) in [4.78, 5) is 13.9. The first-order valence-corrected chi connectivity index (χ1v) is 12.8. The van der Waals surface area contributed by atoms with Gasteiger partial charge in [0.1, 0.15) is 16.7 Å². The van der Waals surface area contributed by atoms with Gasteiger partial charge in [0.2, 0.25) is 15.9 Å². The van der Waals surface area contributed by atoms with Gasteiger partial charge in [-0.3, -0.25) is 4.79 Å². The van der Waals surface area contributed by atoms with Crippen molar-refractivity contribution in [3.05, 3.63) is 83.4 Å². The Hall–Kier alpha value is -2.52. The third-order valence-electron chi connectivity index (χ3n) is 4.68. The smallest absolute Gasteiger partial charge is 0.245 e. The molecule has 0 saturated heterocycles. The fraction of sp³-hybridized carbons (Fsp3) is 0.174. The maximum atomic E-state index is 13.2. The van der Waals surface area contributed by atoms with Crippen molar-refractivity contribution >= 4 is 45.0 Å². The van der Waals surface area contributed by atoms with Crippen molar-refractivity contribution in [3.63, 3.8) is 0 Å². The molecule has 0 aliphatic carbocycles. The Morgan fingerprint density at radius 2 is 1.75 bits per heavy atom. The molecule has 0 spiro atoms. The summed E-state index contributed by atoms with van der Waals surface area (Å²) >= 11 is 7.51. The van der Waals surface area contributed by atoms with Gasteiger partial charge in [0.15, 0.2) is 0 Å². The number of anilines is 1. The van der Waals surface area contributed by atoms with Crippen LogP contribution in [0.4, 0.5) is 5.69 Å². The number of para-hydroxylation sites is 1. The molecule has 0 unspecified atom stereocenters. The standard InChI is InChI=1S/C23H23ClN2O4S2/c1-30-20-13-12-17(24)15-22(20)32(28,29)26-19(14-16-8-4-3-5-9-16)23(27)25-18-10-6-7-11-21(18)31-2/h3-13,15,19,26H,14H2,1-2H3,(H,25,27)/t19-/m0/s1. The molecule has 0 aromatic heterocycles. The number of rotatable bonds is 9. The number of ether oxygens (including phenoxy) is 1. The molecule has 3 aromatic rings. The Balaban J connectivity index is 1.94. The summed E-state index contributed by atoms with van der Waals surface area (Å²) in [5.41, 5.74) is 1.43. The van der Waals surface area contributed by atoms with E-state index < -0.39 is 22.0 Å². The van der Waals surface area contributed by atoms with E-state index in [1.54, 1.807) is 6.07 Å². The minimum absolute atomic E-state index is 0.133. The largest absolute Gasteiger partial charge is 0.495 e. The first-order valence-electron chi connectivity index (χ1n) is 9.67. The number of amides is 1. The molecule has 9 heteroatoms. The van der Waals surface area contributed by atoms with Gasteiger partial charge >= 0.3 is 0 Å². The third kappa shape index (κ3) is 6.04. The lowest BCUT2D eigenvalue weighted by molar-refractivity contribution is -0.117.